The summed E-state index contributed by atoms with van der Waals surface area (Å²) in [6, 6.07) is 0. The highest BCUT2D eigenvalue weighted by Crippen LogP contribution is 2.49. The van der Waals surface area contributed by atoms with E-state index in [4.69, 9.17) is 16.0 Å². The molecule has 5 nitrogen and oxygen atoms in total. The molecule has 5 heteroatoms. The van der Waals surface area contributed by atoms with Crippen molar-refractivity contribution in [2.24, 2.45) is 16.5 Å². The first-order chi connectivity index (χ1) is 10.8. The number of esters is 1. The van der Waals surface area contributed by atoms with Crippen LogP contribution >= 0.6 is 0 Å². The molecular weight excluding hydrogens is 294 g/mol. The molecule has 1 saturated carbocycles. The fourth-order valence-corrected chi connectivity index (χ4v) is 2.80. The Morgan fingerprint density at radius 1 is 1.57 bits per heavy atom. The highest BCUT2D eigenvalue weighted by Gasteiger charge is 2.61. The number of carbonyl (C=O) groups is 2. The number of terminal acetylenes is 1. The summed E-state index contributed by atoms with van der Waals surface area (Å²) in [5.41, 5.74) is 1.60. The van der Waals surface area contributed by atoms with E-state index in [1.807, 2.05) is 13.8 Å². The standard InChI is InChI=1S/C18H21NO4/c1-6-8-12-11(3)14(10-13(12)20)23-17(21)15-16(18(15,4)5)19-22-9-7-2/h1,7,14-15H,2,8-10H2,3-5H3/b19-16-/t14-,15+/m0/s1. The van der Waals surface area contributed by atoms with E-state index in [0.29, 0.717) is 11.3 Å². The normalized spacial score (nSPS) is 26.9. The predicted octanol–water partition coefficient (Wildman–Crippen LogP) is 2.43. The number of oxime groups is 1. The van der Waals surface area contributed by atoms with Crippen LogP contribution in [-0.4, -0.2) is 30.2 Å². The number of carbonyl (C=O) groups excluding carboxylic acids is 2. The molecule has 2 aliphatic rings. The van der Waals surface area contributed by atoms with E-state index in [1.165, 1.54) is 0 Å². The van der Waals surface area contributed by atoms with Gasteiger partial charge in [-0.1, -0.05) is 31.7 Å². The van der Waals surface area contributed by atoms with Crippen LogP contribution < -0.4 is 0 Å². The van der Waals surface area contributed by atoms with Gasteiger partial charge in [0.15, 0.2) is 5.78 Å². The number of Topliss-reactive ketones (excluding diaryl/α,β-unsaturated/α-hetero) is 1. The number of hydrogen-bond acceptors (Lipinski definition) is 5. The van der Waals surface area contributed by atoms with Crippen LogP contribution in [0.3, 0.4) is 0 Å². The second-order valence-corrected chi connectivity index (χ2v) is 6.31. The van der Waals surface area contributed by atoms with Crippen molar-refractivity contribution in [1.82, 2.24) is 0 Å². The predicted molar refractivity (Wildman–Crippen MR) is 86.5 cm³/mol. The van der Waals surface area contributed by atoms with Gasteiger partial charge in [0, 0.05) is 17.4 Å². The van der Waals surface area contributed by atoms with Crippen molar-refractivity contribution in [3.8, 4) is 12.3 Å². The number of nitrogens with zero attached hydrogens (tertiary/aromatic N) is 1. The van der Waals surface area contributed by atoms with Crippen LogP contribution in [0.5, 0.6) is 0 Å². The van der Waals surface area contributed by atoms with Crippen molar-refractivity contribution in [2.75, 3.05) is 6.61 Å². The maximum atomic E-state index is 12.4. The summed E-state index contributed by atoms with van der Waals surface area (Å²) in [7, 11) is 0. The van der Waals surface area contributed by atoms with Gasteiger partial charge in [0.05, 0.1) is 12.1 Å². The Morgan fingerprint density at radius 2 is 2.26 bits per heavy atom. The van der Waals surface area contributed by atoms with Crippen molar-refractivity contribution in [2.45, 2.75) is 39.7 Å². The molecule has 0 aliphatic heterocycles. The Bertz CT molecular complexity index is 648. The van der Waals surface area contributed by atoms with E-state index in [-0.39, 0.29) is 36.6 Å². The van der Waals surface area contributed by atoms with Crippen LogP contribution in [0.1, 0.15) is 33.6 Å². The molecular formula is C18H21NO4. The Kier molecular flexibility index (Phi) is 4.74. The summed E-state index contributed by atoms with van der Waals surface area (Å²) < 4.78 is 5.52. The number of ether oxygens (including phenoxy) is 1. The molecule has 23 heavy (non-hydrogen) atoms. The molecule has 1 fully saturated rings. The van der Waals surface area contributed by atoms with E-state index in [0.717, 1.165) is 5.57 Å². The quantitative estimate of drug-likeness (QED) is 0.248. The zero-order chi connectivity index (χ0) is 17.2. The molecule has 0 aromatic rings. The number of rotatable bonds is 6. The fraction of sp³-hybridized carbons (Fsp3) is 0.500. The zero-order valence-electron chi connectivity index (χ0n) is 13.7. The van der Waals surface area contributed by atoms with Gasteiger partial charge < -0.3 is 9.57 Å². The molecule has 0 N–H and O–H groups in total. The smallest absolute Gasteiger partial charge is 0.316 e. The molecule has 122 valence electrons. The molecule has 0 bridgehead atoms. The molecule has 2 aliphatic carbocycles. The monoisotopic (exact) mass is 315 g/mol. The highest BCUT2D eigenvalue weighted by atomic mass is 16.6. The maximum absolute atomic E-state index is 12.4. The zero-order valence-corrected chi connectivity index (χ0v) is 13.7. The first-order valence-corrected chi connectivity index (χ1v) is 7.52. The van der Waals surface area contributed by atoms with Gasteiger partial charge in [-0.3, -0.25) is 9.59 Å². The van der Waals surface area contributed by atoms with Crippen molar-refractivity contribution in [1.29, 1.82) is 0 Å². The Morgan fingerprint density at radius 3 is 2.87 bits per heavy atom. The van der Waals surface area contributed by atoms with Crippen LogP contribution in [0.15, 0.2) is 29.0 Å². The topological polar surface area (TPSA) is 65.0 Å². The van der Waals surface area contributed by atoms with Crippen LogP contribution in [0.25, 0.3) is 0 Å². The molecule has 0 amide bonds. The van der Waals surface area contributed by atoms with Gasteiger partial charge in [-0.15, -0.1) is 12.3 Å². The average Bonchev–Trinajstić information content (AvgIpc) is 2.94. The van der Waals surface area contributed by atoms with Crippen LogP contribution in [0.4, 0.5) is 0 Å². The highest BCUT2D eigenvalue weighted by molar-refractivity contribution is 6.20. The summed E-state index contributed by atoms with van der Waals surface area (Å²) in [4.78, 5) is 29.4. The lowest BCUT2D eigenvalue weighted by atomic mass is 10.1. The van der Waals surface area contributed by atoms with Gasteiger partial charge in [-0.05, 0) is 12.5 Å². The average molecular weight is 315 g/mol. The SMILES string of the molecule is C#CCC1=C(C)[C@@H](OC(=O)[C@H]2/C(=N/OCC=C)C2(C)C)CC1=O. The van der Waals surface area contributed by atoms with Crippen molar-refractivity contribution in [3.63, 3.8) is 0 Å². The lowest BCUT2D eigenvalue weighted by Gasteiger charge is -2.13. The Balaban J connectivity index is 2.04. The second-order valence-electron chi connectivity index (χ2n) is 6.31. The first kappa shape index (κ1) is 17.0. The molecule has 0 aromatic carbocycles. The van der Waals surface area contributed by atoms with E-state index in [1.54, 1.807) is 13.0 Å². The molecule has 0 unspecified atom stereocenters. The van der Waals surface area contributed by atoms with Crippen LogP contribution in [-0.2, 0) is 19.2 Å². The van der Waals surface area contributed by atoms with Gasteiger partial charge in [0.25, 0.3) is 0 Å². The van der Waals surface area contributed by atoms with Crippen molar-refractivity contribution in [3.05, 3.63) is 23.8 Å². The Hall–Kier alpha value is -2.35. The Labute approximate surface area is 136 Å². The third-order valence-electron chi connectivity index (χ3n) is 4.37. The maximum Gasteiger partial charge on any atom is 0.316 e. The molecule has 2 atom stereocenters. The first-order valence-electron chi connectivity index (χ1n) is 7.52. The summed E-state index contributed by atoms with van der Waals surface area (Å²) in [6.07, 6.45) is 6.77. The minimum absolute atomic E-state index is 0.0449. The lowest BCUT2D eigenvalue weighted by molar-refractivity contribution is -0.149. The summed E-state index contributed by atoms with van der Waals surface area (Å²) in [5.74, 6) is 1.60. The van der Waals surface area contributed by atoms with Crippen LogP contribution in [0, 0.1) is 23.7 Å². The summed E-state index contributed by atoms with van der Waals surface area (Å²) in [5, 5.41) is 3.97. The van der Waals surface area contributed by atoms with Crippen LogP contribution in [0.2, 0.25) is 0 Å². The van der Waals surface area contributed by atoms with Crippen molar-refractivity contribution < 1.29 is 19.2 Å². The van der Waals surface area contributed by atoms with E-state index >= 15 is 0 Å². The summed E-state index contributed by atoms with van der Waals surface area (Å²) in [6.45, 7) is 9.42. The largest absolute Gasteiger partial charge is 0.457 e. The van der Waals surface area contributed by atoms with Gasteiger partial charge >= 0.3 is 5.97 Å². The van der Waals surface area contributed by atoms with Gasteiger partial charge in [-0.25, -0.2) is 0 Å². The molecule has 0 spiro atoms. The van der Waals surface area contributed by atoms with E-state index in [2.05, 4.69) is 17.7 Å². The van der Waals surface area contributed by atoms with E-state index in [9.17, 15) is 9.59 Å². The van der Waals surface area contributed by atoms with E-state index < -0.39 is 12.0 Å². The minimum Gasteiger partial charge on any atom is -0.457 e. The molecule has 0 heterocycles. The molecule has 0 radical (unpaired) electrons. The van der Waals surface area contributed by atoms with Gasteiger partial charge in [0.2, 0.25) is 0 Å². The number of allylic oxidation sites excluding steroid dienone is 1. The lowest BCUT2D eigenvalue weighted by Crippen LogP contribution is -2.20. The third-order valence-corrected chi connectivity index (χ3v) is 4.37. The fourth-order valence-electron chi connectivity index (χ4n) is 2.80. The molecule has 0 saturated heterocycles. The molecule has 2 rings (SSSR count). The third kappa shape index (κ3) is 3.21. The second kappa shape index (κ2) is 6.41. The minimum atomic E-state index is -0.523. The van der Waals surface area contributed by atoms with Gasteiger partial charge in [-0.2, -0.15) is 0 Å². The number of hydrogen-bond donors (Lipinski definition) is 0. The number of ketones is 1. The van der Waals surface area contributed by atoms with Gasteiger partial charge in [0.1, 0.15) is 18.6 Å². The molecule has 0 aromatic heterocycles. The summed E-state index contributed by atoms with van der Waals surface area (Å²) >= 11 is 0. The van der Waals surface area contributed by atoms with Crippen molar-refractivity contribution >= 4 is 17.5 Å².